The van der Waals surface area contributed by atoms with Crippen LogP contribution < -0.4 is 10.6 Å². The number of carbonyl (C=O) groups is 1. The standard InChI is InChI=1S/C23H30F2N2O2S/c1-3-5-10-26-15-22(28)21(13-16-11-18(24)14-19(25)12-16)27-23(29)17-6-8-20(9-7-17)30-4-2/h6-9,11-12,14,21-22,26,28H,3-5,10,13,15H2,1-2H3,(H,27,29)/t21-,22-/m0/s1. The van der Waals surface area contributed by atoms with E-state index < -0.39 is 23.8 Å². The van der Waals surface area contributed by atoms with Crippen molar-refractivity contribution < 1.29 is 18.7 Å². The summed E-state index contributed by atoms with van der Waals surface area (Å²) in [5, 5.41) is 16.6. The second-order valence-electron chi connectivity index (χ2n) is 7.14. The van der Waals surface area contributed by atoms with Gasteiger partial charge in [-0.3, -0.25) is 4.79 Å². The zero-order chi connectivity index (χ0) is 21.9. The van der Waals surface area contributed by atoms with Crippen molar-refractivity contribution in [1.29, 1.82) is 0 Å². The average Bonchev–Trinajstić information content (AvgIpc) is 2.70. The maximum absolute atomic E-state index is 13.6. The fourth-order valence-corrected chi connectivity index (χ4v) is 3.74. The van der Waals surface area contributed by atoms with Gasteiger partial charge in [-0.1, -0.05) is 20.3 Å². The van der Waals surface area contributed by atoms with E-state index in [1.807, 2.05) is 12.1 Å². The highest BCUT2D eigenvalue weighted by atomic mass is 32.2. The Kier molecular flexibility index (Phi) is 10.3. The van der Waals surface area contributed by atoms with Crippen molar-refractivity contribution in [2.75, 3.05) is 18.8 Å². The molecule has 0 aliphatic carbocycles. The molecule has 2 aromatic rings. The van der Waals surface area contributed by atoms with E-state index in [0.29, 0.717) is 11.1 Å². The minimum absolute atomic E-state index is 0.112. The number of halogens is 2. The zero-order valence-corrected chi connectivity index (χ0v) is 18.3. The van der Waals surface area contributed by atoms with Crippen LogP contribution in [0.5, 0.6) is 0 Å². The quantitative estimate of drug-likeness (QED) is 0.345. The highest BCUT2D eigenvalue weighted by molar-refractivity contribution is 7.99. The van der Waals surface area contributed by atoms with E-state index in [9.17, 15) is 18.7 Å². The van der Waals surface area contributed by atoms with Gasteiger partial charge in [-0.2, -0.15) is 0 Å². The van der Waals surface area contributed by atoms with Crippen LogP contribution in [-0.4, -0.2) is 42.0 Å². The maximum atomic E-state index is 13.6. The van der Waals surface area contributed by atoms with E-state index in [-0.39, 0.29) is 18.9 Å². The van der Waals surface area contributed by atoms with Crippen LogP contribution in [0.2, 0.25) is 0 Å². The molecule has 30 heavy (non-hydrogen) atoms. The van der Waals surface area contributed by atoms with E-state index in [2.05, 4.69) is 24.5 Å². The number of carbonyl (C=O) groups excluding carboxylic acids is 1. The zero-order valence-electron chi connectivity index (χ0n) is 17.5. The Labute approximate surface area is 181 Å². The molecule has 3 N–H and O–H groups in total. The molecule has 164 valence electrons. The molecule has 2 rings (SSSR count). The lowest BCUT2D eigenvalue weighted by atomic mass is 10.00. The van der Waals surface area contributed by atoms with E-state index in [1.54, 1.807) is 23.9 Å². The first-order chi connectivity index (χ1) is 14.4. The summed E-state index contributed by atoms with van der Waals surface area (Å²) in [6.45, 7) is 5.15. The van der Waals surface area contributed by atoms with Crippen molar-refractivity contribution in [3.8, 4) is 0 Å². The molecule has 1 amide bonds. The van der Waals surface area contributed by atoms with Crippen molar-refractivity contribution in [2.45, 2.75) is 50.2 Å². The highest BCUT2D eigenvalue weighted by Crippen LogP contribution is 2.18. The van der Waals surface area contributed by atoms with E-state index in [0.717, 1.165) is 36.1 Å². The number of aliphatic hydroxyl groups is 1. The third kappa shape index (κ3) is 8.05. The van der Waals surface area contributed by atoms with E-state index in [4.69, 9.17) is 0 Å². The number of hydrogen-bond acceptors (Lipinski definition) is 4. The Morgan fingerprint density at radius 1 is 1.10 bits per heavy atom. The normalized spacial score (nSPS) is 13.1. The second kappa shape index (κ2) is 12.7. The first-order valence-electron chi connectivity index (χ1n) is 10.3. The second-order valence-corrected chi connectivity index (χ2v) is 8.48. The molecule has 0 aliphatic rings. The number of aliphatic hydroxyl groups excluding tert-OH is 1. The third-order valence-corrected chi connectivity index (χ3v) is 5.54. The van der Waals surface area contributed by atoms with Gasteiger partial charge in [0.15, 0.2) is 0 Å². The molecule has 0 bridgehead atoms. The summed E-state index contributed by atoms with van der Waals surface area (Å²) < 4.78 is 27.2. The van der Waals surface area contributed by atoms with Gasteiger partial charge >= 0.3 is 0 Å². The molecule has 4 nitrogen and oxygen atoms in total. The maximum Gasteiger partial charge on any atom is 0.251 e. The molecule has 0 saturated carbocycles. The van der Waals surface area contributed by atoms with Gasteiger partial charge in [0.2, 0.25) is 0 Å². The molecule has 0 aromatic heterocycles. The van der Waals surface area contributed by atoms with Crippen LogP contribution in [0.4, 0.5) is 8.78 Å². The summed E-state index contributed by atoms with van der Waals surface area (Å²) >= 11 is 1.68. The van der Waals surface area contributed by atoms with Crippen LogP contribution in [0.3, 0.4) is 0 Å². The summed E-state index contributed by atoms with van der Waals surface area (Å²) in [6.07, 6.45) is 1.20. The van der Waals surface area contributed by atoms with Crippen molar-refractivity contribution in [3.63, 3.8) is 0 Å². The summed E-state index contributed by atoms with van der Waals surface area (Å²) in [5.41, 5.74) is 0.845. The van der Waals surface area contributed by atoms with Gasteiger partial charge in [0, 0.05) is 23.1 Å². The van der Waals surface area contributed by atoms with Gasteiger partial charge in [-0.05, 0) is 67.1 Å². The number of nitrogens with one attached hydrogen (secondary N) is 2. The SMILES string of the molecule is CCCCNC[C@H](O)[C@H](Cc1cc(F)cc(F)c1)NC(=O)c1ccc(SCC)cc1. The van der Waals surface area contributed by atoms with Crippen molar-refractivity contribution in [1.82, 2.24) is 10.6 Å². The Morgan fingerprint density at radius 2 is 1.77 bits per heavy atom. The van der Waals surface area contributed by atoms with Crippen LogP contribution >= 0.6 is 11.8 Å². The first-order valence-corrected chi connectivity index (χ1v) is 11.3. The molecular formula is C23H30F2N2O2S. The minimum Gasteiger partial charge on any atom is -0.390 e. The number of thioether (sulfide) groups is 1. The lowest BCUT2D eigenvalue weighted by Gasteiger charge is -2.25. The van der Waals surface area contributed by atoms with E-state index in [1.165, 1.54) is 12.1 Å². The monoisotopic (exact) mass is 436 g/mol. The van der Waals surface area contributed by atoms with Crippen molar-refractivity contribution in [2.24, 2.45) is 0 Å². The van der Waals surface area contributed by atoms with Gasteiger partial charge < -0.3 is 15.7 Å². The van der Waals surface area contributed by atoms with Gasteiger partial charge in [0.1, 0.15) is 11.6 Å². The number of benzene rings is 2. The largest absolute Gasteiger partial charge is 0.390 e. The highest BCUT2D eigenvalue weighted by Gasteiger charge is 2.23. The Morgan fingerprint density at radius 3 is 2.37 bits per heavy atom. The fourth-order valence-electron chi connectivity index (χ4n) is 3.08. The lowest BCUT2D eigenvalue weighted by molar-refractivity contribution is 0.0830. The first kappa shape index (κ1) is 24.3. The summed E-state index contributed by atoms with van der Waals surface area (Å²) in [4.78, 5) is 13.8. The van der Waals surface area contributed by atoms with Crippen molar-refractivity contribution >= 4 is 17.7 Å². The molecule has 7 heteroatoms. The molecule has 0 aliphatic heterocycles. The smallest absolute Gasteiger partial charge is 0.251 e. The minimum atomic E-state index is -0.910. The molecule has 0 fully saturated rings. The molecule has 0 saturated heterocycles. The van der Waals surface area contributed by atoms with Gasteiger partial charge in [-0.15, -0.1) is 11.8 Å². The molecule has 0 heterocycles. The fraction of sp³-hybridized carbons (Fsp3) is 0.435. The van der Waals surface area contributed by atoms with Crippen LogP contribution in [0.25, 0.3) is 0 Å². The summed E-state index contributed by atoms with van der Waals surface area (Å²) in [6, 6.07) is 9.77. The van der Waals surface area contributed by atoms with Crippen LogP contribution in [0, 0.1) is 11.6 Å². The van der Waals surface area contributed by atoms with Crippen LogP contribution in [-0.2, 0) is 6.42 Å². The Hall–Kier alpha value is -1.96. The Balaban J connectivity index is 2.11. The molecule has 0 radical (unpaired) electrons. The van der Waals surface area contributed by atoms with Crippen molar-refractivity contribution in [3.05, 3.63) is 65.2 Å². The van der Waals surface area contributed by atoms with Gasteiger partial charge in [0.25, 0.3) is 5.91 Å². The molecule has 0 unspecified atom stereocenters. The Bertz CT molecular complexity index is 782. The predicted octanol–water partition coefficient (Wildman–Crippen LogP) is 4.17. The van der Waals surface area contributed by atoms with Crippen LogP contribution in [0.15, 0.2) is 47.4 Å². The van der Waals surface area contributed by atoms with E-state index >= 15 is 0 Å². The number of amides is 1. The molecular weight excluding hydrogens is 406 g/mol. The average molecular weight is 437 g/mol. The topological polar surface area (TPSA) is 61.4 Å². The third-order valence-electron chi connectivity index (χ3n) is 4.65. The molecule has 2 atom stereocenters. The number of unbranched alkanes of at least 4 members (excludes halogenated alkanes) is 1. The molecule has 0 spiro atoms. The van der Waals surface area contributed by atoms with Gasteiger partial charge in [0.05, 0.1) is 12.1 Å². The lowest BCUT2D eigenvalue weighted by Crippen LogP contribution is -2.48. The van der Waals surface area contributed by atoms with Crippen LogP contribution in [0.1, 0.15) is 42.6 Å². The number of rotatable bonds is 12. The summed E-state index contributed by atoms with van der Waals surface area (Å²) in [5.74, 6) is -0.767. The molecule has 2 aromatic carbocycles. The number of hydrogen-bond donors (Lipinski definition) is 3. The predicted molar refractivity (Wildman–Crippen MR) is 118 cm³/mol. The van der Waals surface area contributed by atoms with Gasteiger partial charge in [-0.25, -0.2) is 8.78 Å². The summed E-state index contributed by atoms with van der Waals surface area (Å²) in [7, 11) is 0.